The van der Waals surface area contributed by atoms with Gasteiger partial charge in [-0.2, -0.15) is 0 Å². The average molecular weight is 376 g/mol. The second-order valence-corrected chi connectivity index (χ2v) is 6.96. The van der Waals surface area contributed by atoms with E-state index in [2.05, 4.69) is 24.3 Å². The monoisotopic (exact) mass is 376 g/mol. The van der Waals surface area contributed by atoms with Crippen molar-refractivity contribution in [2.45, 2.75) is 32.1 Å². The van der Waals surface area contributed by atoms with E-state index < -0.39 is 5.97 Å². The van der Waals surface area contributed by atoms with Crippen LogP contribution in [0.2, 0.25) is 0 Å². The number of carboxylic acids is 1. The van der Waals surface area contributed by atoms with Crippen molar-refractivity contribution in [3.63, 3.8) is 0 Å². The van der Waals surface area contributed by atoms with Crippen LogP contribution in [0.15, 0.2) is 66.7 Å². The van der Waals surface area contributed by atoms with Gasteiger partial charge >= 0.3 is 5.97 Å². The second kappa shape index (κ2) is 9.09. The highest BCUT2D eigenvalue weighted by Crippen LogP contribution is 2.23. The van der Waals surface area contributed by atoms with Gasteiger partial charge in [0.1, 0.15) is 17.1 Å². The standard InChI is InChI=1S/C24H24O4/c25-21-13-11-20(12-14-21)19-9-6-17(7-10-19)4-2-1-3-5-18-8-15-23(26)22(16-18)24(27)28/h6-16,25-26H,1-5H2,(H,27,28). The van der Waals surface area contributed by atoms with Crippen LogP contribution in [-0.2, 0) is 12.8 Å². The number of aromatic hydroxyl groups is 2. The molecule has 3 N–H and O–H groups in total. The molecule has 0 radical (unpaired) electrons. The van der Waals surface area contributed by atoms with Crippen LogP contribution < -0.4 is 0 Å². The maximum Gasteiger partial charge on any atom is 0.339 e. The highest BCUT2D eigenvalue weighted by Gasteiger charge is 2.09. The maximum absolute atomic E-state index is 11.1. The SMILES string of the molecule is O=C(O)c1cc(CCCCCc2ccc(-c3ccc(O)cc3)cc2)ccc1O. The summed E-state index contributed by atoms with van der Waals surface area (Å²) in [7, 11) is 0. The molecule has 0 aliphatic heterocycles. The Bertz CT molecular complexity index is 928. The minimum Gasteiger partial charge on any atom is -0.508 e. The third-order valence-corrected chi connectivity index (χ3v) is 4.88. The molecule has 3 aromatic carbocycles. The van der Waals surface area contributed by atoms with Gasteiger partial charge < -0.3 is 15.3 Å². The molecule has 0 spiro atoms. The molecule has 0 amide bonds. The fourth-order valence-electron chi connectivity index (χ4n) is 3.26. The zero-order valence-electron chi connectivity index (χ0n) is 15.6. The molecule has 0 bridgehead atoms. The Morgan fingerprint density at radius 1 is 0.679 bits per heavy atom. The summed E-state index contributed by atoms with van der Waals surface area (Å²) in [4.78, 5) is 11.1. The van der Waals surface area contributed by atoms with E-state index in [4.69, 9.17) is 5.11 Å². The number of carbonyl (C=O) groups is 1. The van der Waals surface area contributed by atoms with Gasteiger partial charge in [-0.1, -0.05) is 48.9 Å². The van der Waals surface area contributed by atoms with Crippen LogP contribution in [0.4, 0.5) is 0 Å². The van der Waals surface area contributed by atoms with Crippen LogP contribution in [0.3, 0.4) is 0 Å². The van der Waals surface area contributed by atoms with E-state index in [0.717, 1.165) is 48.8 Å². The largest absolute Gasteiger partial charge is 0.508 e. The summed E-state index contributed by atoms with van der Waals surface area (Å²) in [5.41, 5.74) is 4.41. The van der Waals surface area contributed by atoms with Crippen molar-refractivity contribution in [3.8, 4) is 22.6 Å². The summed E-state index contributed by atoms with van der Waals surface area (Å²) >= 11 is 0. The lowest BCUT2D eigenvalue weighted by atomic mass is 10.00. The molecule has 0 aromatic heterocycles. The van der Waals surface area contributed by atoms with Gasteiger partial charge in [0.15, 0.2) is 0 Å². The lowest BCUT2D eigenvalue weighted by molar-refractivity contribution is 0.0693. The van der Waals surface area contributed by atoms with Gasteiger partial charge in [0.05, 0.1) is 0 Å². The van der Waals surface area contributed by atoms with Crippen molar-refractivity contribution in [1.82, 2.24) is 0 Å². The quantitative estimate of drug-likeness (QED) is 0.459. The van der Waals surface area contributed by atoms with Crippen LogP contribution in [0.5, 0.6) is 11.5 Å². The van der Waals surface area contributed by atoms with Crippen LogP contribution >= 0.6 is 0 Å². The van der Waals surface area contributed by atoms with Gasteiger partial charge in [-0.15, -0.1) is 0 Å². The molecule has 0 saturated heterocycles. The van der Waals surface area contributed by atoms with Crippen molar-refractivity contribution in [1.29, 1.82) is 0 Å². The van der Waals surface area contributed by atoms with E-state index in [1.54, 1.807) is 24.3 Å². The van der Waals surface area contributed by atoms with Gasteiger partial charge in [0.2, 0.25) is 0 Å². The predicted molar refractivity (Wildman–Crippen MR) is 110 cm³/mol. The fourth-order valence-corrected chi connectivity index (χ4v) is 3.26. The summed E-state index contributed by atoms with van der Waals surface area (Å²) < 4.78 is 0. The molecule has 4 nitrogen and oxygen atoms in total. The van der Waals surface area contributed by atoms with Gasteiger partial charge in [-0.05, 0) is 72.2 Å². The lowest BCUT2D eigenvalue weighted by Crippen LogP contribution is -1.98. The number of aromatic carboxylic acids is 1. The number of phenols is 2. The third kappa shape index (κ3) is 5.13. The number of hydrogen-bond acceptors (Lipinski definition) is 3. The Labute approximate surface area is 164 Å². The molecule has 0 atom stereocenters. The molecule has 0 unspecified atom stereocenters. The van der Waals surface area contributed by atoms with Crippen LogP contribution in [0.25, 0.3) is 11.1 Å². The third-order valence-electron chi connectivity index (χ3n) is 4.88. The number of unbranched alkanes of at least 4 members (excludes halogenated alkanes) is 2. The number of hydrogen-bond donors (Lipinski definition) is 3. The molecule has 3 aromatic rings. The van der Waals surface area contributed by atoms with E-state index in [1.807, 2.05) is 12.1 Å². The second-order valence-electron chi connectivity index (χ2n) is 6.96. The summed E-state index contributed by atoms with van der Waals surface area (Å²) in [6.45, 7) is 0. The summed E-state index contributed by atoms with van der Waals surface area (Å²) in [6, 6.07) is 20.5. The minimum atomic E-state index is -1.10. The van der Waals surface area contributed by atoms with E-state index in [0.29, 0.717) is 0 Å². The summed E-state index contributed by atoms with van der Waals surface area (Å²) in [5.74, 6) is -1.02. The number of aryl methyl sites for hydroxylation is 2. The Balaban J connectivity index is 1.45. The first-order valence-electron chi connectivity index (χ1n) is 9.46. The Morgan fingerprint density at radius 2 is 1.21 bits per heavy atom. The van der Waals surface area contributed by atoms with Crippen molar-refractivity contribution in [3.05, 3.63) is 83.4 Å². The Morgan fingerprint density at radius 3 is 1.82 bits per heavy atom. The van der Waals surface area contributed by atoms with Gasteiger partial charge in [-0.3, -0.25) is 0 Å². The van der Waals surface area contributed by atoms with Crippen LogP contribution in [0.1, 0.15) is 40.7 Å². The van der Waals surface area contributed by atoms with Gasteiger partial charge in [-0.25, -0.2) is 4.79 Å². The molecule has 144 valence electrons. The van der Waals surface area contributed by atoms with Gasteiger partial charge in [0.25, 0.3) is 0 Å². The molecular formula is C24H24O4. The maximum atomic E-state index is 11.1. The van der Waals surface area contributed by atoms with Crippen LogP contribution in [0, 0.1) is 0 Å². The Kier molecular flexibility index (Phi) is 6.33. The van der Waals surface area contributed by atoms with E-state index in [9.17, 15) is 15.0 Å². The van der Waals surface area contributed by atoms with Crippen LogP contribution in [-0.4, -0.2) is 21.3 Å². The predicted octanol–water partition coefficient (Wildman–Crippen LogP) is 5.42. The normalized spacial score (nSPS) is 10.7. The molecule has 0 aliphatic carbocycles. The zero-order chi connectivity index (χ0) is 19.9. The first-order chi connectivity index (χ1) is 13.5. The molecule has 0 fully saturated rings. The van der Waals surface area contributed by atoms with Crippen molar-refractivity contribution >= 4 is 5.97 Å². The molecule has 0 heterocycles. The smallest absolute Gasteiger partial charge is 0.339 e. The number of phenolic OH excluding ortho intramolecular Hbond substituents is 1. The van der Waals surface area contributed by atoms with E-state index in [-0.39, 0.29) is 17.1 Å². The number of rotatable bonds is 8. The van der Waals surface area contributed by atoms with Crippen molar-refractivity contribution < 1.29 is 20.1 Å². The minimum absolute atomic E-state index is 0.0359. The molecule has 0 saturated carbocycles. The number of benzene rings is 3. The number of carboxylic acid groups (broad SMARTS) is 1. The first-order valence-corrected chi connectivity index (χ1v) is 9.46. The average Bonchev–Trinajstić information content (AvgIpc) is 2.70. The fraction of sp³-hybridized carbons (Fsp3) is 0.208. The van der Waals surface area contributed by atoms with Gasteiger partial charge in [0, 0.05) is 0 Å². The Hall–Kier alpha value is -3.27. The highest BCUT2D eigenvalue weighted by molar-refractivity contribution is 5.90. The van der Waals surface area contributed by atoms with E-state index >= 15 is 0 Å². The van der Waals surface area contributed by atoms with E-state index in [1.165, 1.54) is 11.6 Å². The highest BCUT2D eigenvalue weighted by atomic mass is 16.4. The van der Waals surface area contributed by atoms with Crippen molar-refractivity contribution in [2.24, 2.45) is 0 Å². The lowest BCUT2D eigenvalue weighted by Gasteiger charge is -2.06. The summed E-state index contributed by atoms with van der Waals surface area (Å²) in [5, 5.41) is 28.0. The topological polar surface area (TPSA) is 77.8 Å². The first kappa shape index (κ1) is 19.5. The molecular weight excluding hydrogens is 352 g/mol. The van der Waals surface area contributed by atoms with Crippen molar-refractivity contribution in [2.75, 3.05) is 0 Å². The zero-order valence-corrected chi connectivity index (χ0v) is 15.6. The molecule has 3 rings (SSSR count). The summed E-state index contributed by atoms with van der Waals surface area (Å²) in [6.07, 6.45) is 4.92. The molecule has 28 heavy (non-hydrogen) atoms. The molecule has 4 heteroatoms. The molecule has 0 aliphatic rings.